The van der Waals surface area contributed by atoms with E-state index in [4.69, 9.17) is 5.73 Å². The van der Waals surface area contributed by atoms with E-state index in [-0.39, 0.29) is 0 Å². The molecular formula is C9H15N3. The first-order chi connectivity index (χ1) is 5.66. The van der Waals surface area contributed by atoms with Gasteiger partial charge in [-0.3, -0.25) is 0 Å². The van der Waals surface area contributed by atoms with Crippen LogP contribution >= 0.6 is 0 Å². The van der Waals surface area contributed by atoms with Crippen LogP contribution in [0.5, 0.6) is 0 Å². The van der Waals surface area contributed by atoms with Crippen molar-refractivity contribution >= 4 is 0 Å². The second-order valence-corrected chi connectivity index (χ2v) is 3.76. The molecule has 3 heteroatoms. The van der Waals surface area contributed by atoms with Gasteiger partial charge in [-0.25, -0.2) is 4.98 Å². The highest BCUT2D eigenvalue weighted by Crippen LogP contribution is 2.34. The molecule has 0 radical (unpaired) electrons. The average molecular weight is 165 g/mol. The van der Waals surface area contributed by atoms with Crippen molar-refractivity contribution in [2.24, 2.45) is 5.73 Å². The lowest BCUT2D eigenvalue weighted by atomic mass is 9.80. The summed E-state index contributed by atoms with van der Waals surface area (Å²) < 4.78 is 0. The number of nitrogens with two attached hydrogens (primary N) is 1. The number of hydrogen-bond acceptors (Lipinski definition) is 2. The maximum absolute atomic E-state index is 5.71. The van der Waals surface area contributed by atoms with E-state index in [1.54, 1.807) is 0 Å². The smallest absolute Gasteiger partial charge is 0.109 e. The van der Waals surface area contributed by atoms with Crippen molar-refractivity contribution in [1.29, 1.82) is 0 Å². The van der Waals surface area contributed by atoms with E-state index in [0.717, 1.165) is 24.4 Å². The summed E-state index contributed by atoms with van der Waals surface area (Å²) in [6.07, 6.45) is 2.18. The van der Waals surface area contributed by atoms with Gasteiger partial charge in [0.05, 0.1) is 5.69 Å². The summed E-state index contributed by atoms with van der Waals surface area (Å²) >= 11 is 0. The number of imidazole rings is 1. The van der Waals surface area contributed by atoms with Gasteiger partial charge in [-0.05, 0) is 26.7 Å². The molecule has 1 heterocycles. The monoisotopic (exact) mass is 165 g/mol. The molecule has 2 rings (SSSR count). The normalized spacial score (nSPS) is 28.6. The van der Waals surface area contributed by atoms with Crippen LogP contribution in [0, 0.1) is 13.8 Å². The van der Waals surface area contributed by atoms with E-state index >= 15 is 0 Å². The summed E-state index contributed by atoms with van der Waals surface area (Å²) in [5, 5.41) is 0. The fourth-order valence-corrected chi connectivity index (χ4v) is 1.65. The number of aromatic amines is 1. The molecule has 0 aromatic carbocycles. The SMILES string of the molecule is Cc1nc(C2CC(N)C2)[nH]c1C. The highest BCUT2D eigenvalue weighted by molar-refractivity contribution is 5.15. The van der Waals surface area contributed by atoms with Crippen molar-refractivity contribution in [3.63, 3.8) is 0 Å². The second-order valence-electron chi connectivity index (χ2n) is 3.76. The molecule has 1 aliphatic rings. The Kier molecular flexibility index (Phi) is 1.68. The first-order valence-corrected chi connectivity index (χ1v) is 4.45. The van der Waals surface area contributed by atoms with Crippen molar-refractivity contribution in [1.82, 2.24) is 9.97 Å². The van der Waals surface area contributed by atoms with Gasteiger partial charge in [0.1, 0.15) is 5.82 Å². The van der Waals surface area contributed by atoms with Gasteiger partial charge in [-0.15, -0.1) is 0 Å². The molecule has 1 aliphatic carbocycles. The summed E-state index contributed by atoms with van der Waals surface area (Å²) in [6, 6.07) is 0.403. The average Bonchev–Trinajstić information content (AvgIpc) is 2.26. The van der Waals surface area contributed by atoms with Crippen LogP contribution in [0.15, 0.2) is 0 Å². The van der Waals surface area contributed by atoms with Gasteiger partial charge in [-0.2, -0.15) is 0 Å². The third-order valence-corrected chi connectivity index (χ3v) is 2.71. The lowest BCUT2D eigenvalue weighted by Crippen LogP contribution is -2.35. The van der Waals surface area contributed by atoms with Crippen LogP contribution in [0.1, 0.15) is 36.0 Å². The van der Waals surface area contributed by atoms with E-state index in [1.165, 1.54) is 5.69 Å². The van der Waals surface area contributed by atoms with E-state index in [1.807, 2.05) is 6.92 Å². The maximum atomic E-state index is 5.71. The maximum Gasteiger partial charge on any atom is 0.109 e. The zero-order chi connectivity index (χ0) is 8.72. The Labute approximate surface area is 72.4 Å². The van der Waals surface area contributed by atoms with E-state index in [0.29, 0.717) is 12.0 Å². The number of hydrogen-bond donors (Lipinski definition) is 2. The molecule has 0 bridgehead atoms. The Bertz CT molecular complexity index is 264. The summed E-state index contributed by atoms with van der Waals surface area (Å²) in [4.78, 5) is 7.76. The molecule has 12 heavy (non-hydrogen) atoms. The number of H-pyrrole nitrogens is 1. The van der Waals surface area contributed by atoms with Gasteiger partial charge in [0.25, 0.3) is 0 Å². The van der Waals surface area contributed by atoms with Gasteiger partial charge in [-0.1, -0.05) is 0 Å². The Balaban J connectivity index is 2.14. The number of nitrogens with zero attached hydrogens (tertiary/aromatic N) is 1. The van der Waals surface area contributed by atoms with E-state index in [9.17, 15) is 0 Å². The fraction of sp³-hybridized carbons (Fsp3) is 0.667. The largest absolute Gasteiger partial charge is 0.346 e. The Morgan fingerprint density at radius 2 is 2.08 bits per heavy atom. The van der Waals surface area contributed by atoms with Crippen LogP contribution in [-0.4, -0.2) is 16.0 Å². The summed E-state index contributed by atoms with van der Waals surface area (Å²) in [5.74, 6) is 1.72. The number of aryl methyl sites for hydroxylation is 2. The Morgan fingerprint density at radius 1 is 1.42 bits per heavy atom. The first kappa shape index (κ1) is 7.80. The summed E-state index contributed by atoms with van der Waals surface area (Å²) in [5.41, 5.74) is 8.01. The Morgan fingerprint density at radius 3 is 2.50 bits per heavy atom. The quantitative estimate of drug-likeness (QED) is 0.657. The van der Waals surface area contributed by atoms with Crippen LogP contribution in [0.4, 0.5) is 0 Å². The molecule has 66 valence electrons. The second kappa shape index (κ2) is 2.59. The van der Waals surface area contributed by atoms with Crippen molar-refractivity contribution in [2.45, 2.75) is 38.6 Å². The van der Waals surface area contributed by atoms with Gasteiger partial charge >= 0.3 is 0 Å². The summed E-state index contributed by atoms with van der Waals surface area (Å²) in [7, 11) is 0. The lowest BCUT2D eigenvalue weighted by molar-refractivity contribution is 0.339. The molecule has 0 spiro atoms. The minimum atomic E-state index is 0.403. The molecule has 0 saturated heterocycles. The van der Waals surface area contributed by atoms with Crippen LogP contribution in [0.2, 0.25) is 0 Å². The van der Waals surface area contributed by atoms with Gasteiger partial charge < -0.3 is 10.7 Å². The molecule has 0 amide bonds. The first-order valence-electron chi connectivity index (χ1n) is 4.45. The molecule has 0 atom stereocenters. The van der Waals surface area contributed by atoms with Gasteiger partial charge in [0, 0.05) is 17.7 Å². The predicted octanol–water partition coefficient (Wildman–Crippen LogP) is 1.23. The molecule has 3 nitrogen and oxygen atoms in total. The molecule has 0 unspecified atom stereocenters. The minimum Gasteiger partial charge on any atom is -0.346 e. The zero-order valence-corrected chi connectivity index (χ0v) is 7.59. The van der Waals surface area contributed by atoms with E-state index < -0.39 is 0 Å². The van der Waals surface area contributed by atoms with Crippen molar-refractivity contribution in [2.75, 3.05) is 0 Å². The van der Waals surface area contributed by atoms with Crippen molar-refractivity contribution < 1.29 is 0 Å². The molecule has 1 aromatic rings. The highest BCUT2D eigenvalue weighted by Gasteiger charge is 2.29. The molecule has 1 aromatic heterocycles. The molecule has 1 fully saturated rings. The fourth-order valence-electron chi connectivity index (χ4n) is 1.65. The standard InChI is InChI=1S/C9H15N3/c1-5-6(2)12-9(11-5)7-3-8(10)4-7/h7-8H,3-4,10H2,1-2H3,(H,11,12). The Hall–Kier alpha value is -0.830. The van der Waals surface area contributed by atoms with Crippen LogP contribution in [-0.2, 0) is 0 Å². The predicted molar refractivity (Wildman–Crippen MR) is 48.0 cm³/mol. The van der Waals surface area contributed by atoms with Crippen LogP contribution in [0.25, 0.3) is 0 Å². The summed E-state index contributed by atoms with van der Waals surface area (Å²) in [6.45, 7) is 4.10. The number of aromatic nitrogens is 2. The van der Waals surface area contributed by atoms with Crippen molar-refractivity contribution in [3.05, 3.63) is 17.2 Å². The van der Waals surface area contributed by atoms with Crippen LogP contribution in [0.3, 0.4) is 0 Å². The van der Waals surface area contributed by atoms with E-state index in [2.05, 4.69) is 16.9 Å². The van der Waals surface area contributed by atoms with Gasteiger partial charge in [0.15, 0.2) is 0 Å². The van der Waals surface area contributed by atoms with Gasteiger partial charge in [0.2, 0.25) is 0 Å². The lowest BCUT2D eigenvalue weighted by Gasteiger charge is -2.30. The minimum absolute atomic E-state index is 0.403. The number of nitrogens with one attached hydrogen (secondary N) is 1. The third kappa shape index (κ3) is 1.14. The molecule has 0 aliphatic heterocycles. The topological polar surface area (TPSA) is 54.7 Å². The zero-order valence-electron chi connectivity index (χ0n) is 7.59. The third-order valence-electron chi connectivity index (χ3n) is 2.71. The highest BCUT2D eigenvalue weighted by atomic mass is 14.9. The van der Waals surface area contributed by atoms with Crippen molar-refractivity contribution in [3.8, 4) is 0 Å². The number of rotatable bonds is 1. The molecular weight excluding hydrogens is 150 g/mol. The molecule has 3 N–H and O–H groups in total. The molecule has 1 saturated carbocycles. The van der Waals surface area contributed by atoms with Crippen LogP contribution < -0.4 is 5.73 Å².